The molecular formula is C10H20MnN2S4. The zero-order valence-corrected chi connectivity index (χ0v) is 15.2. The van der Waals surface area contributed by atoms with Gasteiger partial charge in [-0.3, -0.25) is 0 Å². The first kappa shape index (κ1) is 22.9. The van der Waals surface area contributed by atoms with Gasteiger partial charge in [-0.2, -0.15) is 0 Å². The Morgan fingerprint density at radius 2 is 0.941 bits per heavy atom. The summed E-state index contributed by atoms with van der Waals surface area (Å²) in [6.07, 6.45) is 0. The minimum Gasteiger partial charge on any atom is -0.411 e. The molecule has 0 aromatic rings. The van der Waals surface area contributed by atoms with Crippen molar-refractivity contribution in [3.8, 4) is 0 Å². The van der Waals surface area contributed by atoms with Crippen LogP contribution in [0.5, 0.6) is 0 Å². The van der Waals surface area contributed by atoms with Gasteiger partial charge in [0.15, 0.2) is 0 Å². The van der Waals surface area contributed by atoms with E-state index in [9.17, 15) is 0 Å². The fourth-order valence-corrected chi connectivity index (χ4v) is 2.00. The second-order valence-corrected chi connectivity index (χ2v) is 4.94. The van der Waals surface area contributed by atoms with Gasteiger partial charge in [-0.25, -0.2) is 0 Å². The van der Waals surface area contributed by atoms with Gasteiger partial charge in [0.05, 0.1) is 0 Å². The Balaban J connectivity index is -0.000000218. The van der Waals surface area contributed by atoms with E-state index in [4.69, 9.17) is 49.7 Å². The van der Waals surface area contributed by atoms with Crippen molar-refractivity contribution in [3.05, 3.63) is 0 Å². The van der Waals surface area contributed by atoms with E-state index < -0.39 is 0 Å². The Morgan fingerprint density at radius 3 is 0.941 bits per heavy atom. The molecule has 0 saturated heterocycles. The van der Waals surface area contributed by atoms with Crippen LogP contribution in [-0.2, 0) is 42.3 Å². The standard InChI is InChI=1S/2C5H11NS2.Mn/c2*1-3-6(4-2)5(7)8;/h2*3-4H2,1-2H3,(H,7,8);/q;;+2/p-2. The zero-order valence-electron chi connectivity index (χ0n) is 10.7. The van der Waals surface area contributed by atoms with Gasteiger partial charge < -0.3 is 59.5 Å². The molecule has 0 atom stereocenters. The molecule has 0 aliphatic heterocycles. The summed E-state index contributed by atoms with van der Waals surface area (Å²) < 4.78 is 1.16. The molecule has 2 nitrogen and oxygen atoms in total. The number of nitrogens with zero attached hydrogens (tertiary/aromatic N) is 2. The molecule has 17 heavy (non-hydrogen) atoms. The van der Waals surface area contributed by atoms with Crippen LogP contribution in [0.1, 0.15) is 27.7 Å². The van der Waals surface area contributed by atoms with Gasteiger partial charge in [-0.1, -0.05) is 8.64 Å². The summed E-state index contributed by atoms with van der Waals surface area (Å²) in [5, 5.41) is 0. The molecule has 0 unspecified atom stereocenters. The maximum absolute atomic E-state index is 4.76. The second kappa shape index (κ2) is 14.8. The van der Waals surface area contributed by atoms with Crippen LogP contribution in [0.2, 0.25) is 0 Å². The summed E-state index contributed by atoms with van der Waals surface area (Å²) in [5.74, 6) is 0. The normalized spacial score (nSPS) is 8.24. The predicted molar refractivity (Wildman–Crippen MR) is 85.8 cm³/mol. The third-order valence-electron chi connectivity index (χ3n) is 2.04. The summed E-state index contributed by atoms with van der Waals surface area (Å²) in [5.41, 5.74) is 0. The molecule has 1 radical (unpaired) electrons. The minimum atomic E-state index is 0. The van der Waals surface area contributed by atoms with Crippen LogP contribution >= 0.6 is 24.4 Å². The third-order valence-corrected chi connectivity index (χ3v) is 3.08. The molecule has 0 rings (SSSR count). The van der Waals surface area contributed by atoms with E-state index in [0.717, 1.165) is 26.2 Å². The van der Waals surface area contributed by atoms with Crippen LogP contribution in [-0.4, -0.2) is 44.6 Å². The zero-order chi connectivity index (χ0) is 13.1. The SMILES string of the molecule is CCN(CC)C(=S)[S-].CCN(CC)C(=S)[S-].[Mn+2]. The molecule has 0 aliphatic carbocycles. The minimum absolute atomic E-state index is 0. The summed E-state index contributed by atoms with van der Waals surface area (Å²) in [6, 6.07) is 0. The first-order chi connectivity index (χ1) is 7.44. The molecular weight excluding hydrogens is 331 g/mol. The molecule has 0 aliphatic rings. The van der Waals surface area contributed by atoms with Gasteiger partial charge in [0.2, 0.25) is 0 Å². The van der Waals surface area contributed by atoms with E-state index in [-0.39, 0.29) is 17.1 Å². The van der Waals surface area contributed by atoms with Crippen LogP contribution in [0.3, 0.4) is 0 Å². The Hall–Kier alpha value is 0.739. The van der Waals surface area contributed by atoms with E-state index in [1.165, 1.54) is 0 Å². The van der Waals surface area contributed by atoms with E-state index >= 15 is 0 Å². The smallest absolute Gasteiger partial charge is 0.411 e. The fourth-order valence-electron chi connectivity index (χ4n) is 0.964. The van der Waals surface area contributed by atoms with Gasteiger partial charge in [0, 0.05) is 26.2 Å². The summed E-state index contributed by atoms with van der Waals surface area (Å²) in [7, 11) is 0. The van der Waals surface area contributed by atoms with Crippen LogP contribution in [0.25, 0.3) is 0 Å². The quantitative estimate of drug-likeness (QED) is 0.433. The summed E-state index contributed by atoms with van der Waals surface area (Å²) in [6.45, 7) is 11.9. The van der Waals surface area contributed by atoms with Crippen molar-refractivity contribution in [2.45, 2.75) is 27.7 Å². The van der Waals surface area contributed by atoms with Gasteiger partial charge in [-0.15, -0.1) is 0 Å². The molecule has 0 heterocycles. The maximum Gasteiger partial charge on any atom is 2.00 e. The van der Waals surface area contributed by atoms with E-state index in [2.05, 4.69) is 0 Å². The predicted octanol–water partition coefficient (Wildman–Crippen LogP) is 2.32. The molecule has 0 aromatic heterocycles. The Morgan fingerprint density at radius 1 is 0.765 bits per heavy atom. The molecule has 0 amide bonds. The Bertz CT molecular complexity index is 184. The first-order valence-electron chi connectivity index (χ1n) is 5.36. The van der Waals surface area contributed by atoms with Crippen molar-refractivity contribution in [2.75, 3.05) is 26.2 Å². The van der Waals surface area contributed by atoms with Crippen LogP contribution in [0, 0.1) is 0 Å². The summed E-state index contributed by atoms with van der Waals surface area (Å²) in [4.78, 5) is 3.93. The molecule has 7 heteroatoms. The van der Waals surface area contributed by atoms with E-state index in [1.54, 1.807) is 0 Å². The average molecular weight is 351 g/mol. The van der Waals surface area contributed by atoms with Gasteiger partial charge in [-0.05, 0) is 27.7 Å². The van der Waals surface area contributed by atoms with Crippen LogP contribution in [0.4, 0.5) is 0 Å². The number of rotatable bonds is 4. The molecule has 0 N–H and O–H groups in total. The first-order valence-corrected chi connectivity index (χ1v) is 6.99. The molecule has 0 bridgehead atoms. The van der Waals surface area contributed by atoms with Crippen LogP contribution < -0.4 is 0 Å². The van der Waals surface area contributed by atoms with Crippen molar-refractivity contribution in [3.63, 3.8) is 0 Å². The number of hydrogen-bond donors (Lipinski definition) is 0. The molecule has 0 fully saturated rings. The summed E-state index contributed by atoms with van der Waals surface area (Å²) >= 11 is 19.0. The van der Waals surface area contributed by atoms with Crippen molar-refractivity contribution < 1.29 is 17.1 Å². The molecule has 0 saturated carbocycles. The maximum atomic E-state index is 4.76. The van der Waals surface area contributed by atoms with Crippen molar-refractivity contribution in [1.82, 2.24) is 9.80 Å². The van der Waals surface area contributed by atoms with Crippen molar-refractivity contribution in [1.29, 1.82) is 0 Å². The Labute approximate surface area is 138 Å². The molecule has 0 aromatic carbocycles. The largest absolute Gasteiger partial charge is 2.00 e. The van der Waals surface area contributed by atoms with Crippen LogP contribution in [0.15, 0.2) is 0 Å². The van der Waals surface area contributed by atoms with E-state index in [1.807, 2.05) is 37.5 Å². The monoisotopic (exact) mass is 351 g/mol. The average Bonchev–Trinajstić information content (AvgIpc) is 2.21. The third kappa shape index (κ3) is 13.0. The second-order valence-electron chi connectivity index (χ2n) is 2.88. The number of hydrogen-bond acceptors (Lipinski definition) is 4. The van der Waals surface area contributed by atoms with Gasteiger partial charge in [0.1, 0.15) is 0 Å². The van der Waals surface area contributed by atoms with Crippen molar-refractivity contribution >= 4 is 58.3 Å². The number of thiocarbonyl (C=S) groups is 2. The fraction of sp³-hybridized carbons (Fsp3) is 0.800. The Kier molecular flexibility index (Phi) is 19.9. The van der Waals surface area contributed by atoms with Gasteiger partial charge >= 0.3 is 17.1 Å². The topological polar surface area (TPSA) is 6.48 Å². The molecule has 101 valence electrons. The van der Waals surface area contributed by atoms with Gasteiger partial charge in [0.25, 0.3) is 0 Å². The van der Waals surface area contributed by atoms with Crippen molar-refractivity contribution in [2.24, 2.45) is 0 Å². The van der Waals surface area contributed by atoms with E-state index in [0.29, 0.717) is 8.64 Å². The molecule has 0 spiro atoms.